The van der Waals surface area contributed by atoms with Crippen LogP contribution in [0.4, 0.5) is 4.79 Å². The number of amides is 2. The van der Waals surface area contributed by atoms with Crippen molar-refractivity contribution in [2.45, 2.75) is 123 Å². The second kappa shape index (κ2) is 20.7. The molecule has 1 saturated heterocycles. The van der Waals surface area contributed by atoms with Crippen LogP contribution in [0.5, 0.6) is 0 Å². The SMILES string of the molecule is CCCCCCCCCCCCCCCCOC[C@H]1CO[C@H](COC(=O)N(Cc2cccc[n+]2[O-])C(C)=O)C1. The van der Waals surface area contributed by atoms with Crippen LogP contribution < -0.4 is 4.73 Å². The lowest BCUT2D eigenvalue weighted by molar-refractivity contribution is -0.614. The van der Waals surface area contributed by atoms with E-state index in [0.29, 0.717) is 17.9 Å². The molecule has 0 saturated carbocycles. The van der Waals surface area contributed by atoms with Gasteiger partial charge in [0.15, 0.2) is 6.20 Å². The fraction of sp³-hybridized carbons (Fsp3) is 0.774. The smallest absolute Gasteiger partial charge is 0.417 e. The third-order valence-corrected chi connectivity index (χ3v) is 7.38. The maximum Gasteiger partial charge on any atom is 0.417 e. The number of rotatable bonds is 21. The number of pyridine rings is 1. The van der Waals surface area contributed by atoms with Gasteiger partial charge in [-0.25, -0.2) is 9.69 Å². The van der Waals surface area contributed by atoms with E-state index < -0.39 is 12.0 Å². The van der Waals surface area contributed by atoms with Gasteiger partial charge in [0.05, 0.1) is 19.3 Å². The molecule has 0 spiro atoms. The Bertz CT molecular complexity index is 805. The second-order valence-electron chi connectivity index (χ2n) is 10.9. The summed E-state index contributed by atoms with van der Waals surface area (Å²) in [6.07, 6.45) is 20.0. The summed E-state index contributed by atoms with van der Waals surface area (Å²) < 4.78 is 17.6. The van der Waals surface area contributed by atoms with E-state index in [-0.39, 0.29) is 30.9 Å². The van der Waals surface area contributed by atoms with E-state index in [2.05, 4.69) is 6.92 Å². The summed E-state index contributed by atoms with van der Waals surface area (Å²) >= 11 is 0. The number of nitrogens with zero attached hydrogens (tertiary/aromatic N) is 2. The maximum atomic E-state index is 12.5. The molecule has 0 N–H and O–H groups in total. The molecule has 2 atom stereocenters. The highest BCUT2D eigenvalue weighted by atomic mass is 16.6. The minimum Gasteiger partial charge on any atom is -0.618 e. The Labute approximate surface area is 236 Å². The number of aromatic nitrogens is 1. The highest BCUT2D eigenvalue weighted by Crippen LogP contribution is 2.21. The second-order valence-corrected chi connectivity index (χ2v) is 10.9. The molecule has 1 aliphatic rings. The lowest BCUT2D eigenvalue weighted by Gasteiger charge is -2.19. The van der Waals surface area contributed by atoms with Gasteiger partial charge in [-0.1, -0.05) is 90.4 Å². The van der Waals surface area contributed by atoms with E-state index in [1.165, 1.54) is 96.6 Å². The topological polar surface area (TPSA) is 92.0 Å². The zero-order valence-electron chi connectivity index (χ0n) is 24.5. The zero-order valence-corrected chi connectivity index (χ0v) is 24.5. The molecule has 0 radical (unpaired) electrons. The number of carbonyl (C=O) groups is 2. The van der Waals surface area contributed by atoms with Crippen LogP contribution in [-0.4, -0.2) is 49.4 Å². The minimum atomic E-state index is -0.771. The molecule has 2 amide bonds. The molecule has 0 aromatic carbocycles. The Kier molecular flexibility index (Phi) is 17.5. The zero-order chi connectivity index (χ0) is 28.1. The standard InChI is InChI=1S/C31H52N2O6/c1-3-4-5-6-7-8-9-10-11-12-13-14-15-18-21-37-24-28-22-30(38-25-28)26-39-31(35)32(27(2)34)23-29-19-16-17-20-33(29)36/h16-17,19-20,28,30H,3-15,18,21-26H2,1-2H3/t28-,30-/m0/s1. The first-order chi connectivity index (χ1) is 19.0. The lowest BCUT2D eigenvalue weighted by atomic mass is 10.0. The molecule has 2 heterocycles. The quantitative estimate of drug-likeness (QED) is 0.0963. The molecule has 1 fully saturated rings. The average molecular weight is 549 g/mol. The van der Waals surface area contributed by atoms with E-state index >= 15 is 0 Å². The van der Waals surface area contributed by atoms with Crippen LogP contribution in [0.1, 0.15) is 116 Å². The van der Waals surface area contributed by atoms with E-state index in [4.69, 9.17) is 14.2 Å². The molecule has 0 bridgehead atoms. The van der Waals surface area contributed by atoms with Gasteiger partial charge in [-0.15, -0.1) is 0 Å². The normalized spacial score (nSPS) is 16.9. The molecule has 2 rings (SSSR count). The maximum absolute atomic E-state index is 12.5. The molecule has 8 nitrogen and oxygen atoms in total. The third-order valence-electron chi connectivity index (χ3n) is 7.38. The Morgan fingerprint density at radius 2 is 1.56 bits per heavy atom. The fourth-order valence-corrected chi connectivity index (χ4v) is 4.96. The minimum absolute atomic E-state index is 0.0736. The van der Waals surface area contributed by atoms with E-state index in [1.54, 1.807) is 18.2 Å². The van der Waals surface area contributed by atoms with Gasteiger partial charge in [-0.3, -0.25) is 4.79 Å². The van der Waals surface area contributed by atoms with Crippen molar-refractivity contribution in [1.82, 2.24) is 4.90 Å². The highest BCUT2D eigenvalue weighted by molar-refractivity contribution is 5.90. The van der Waals surface area contributed by atoms with Crippen molar-refractivity contribution in [3.8, 4) is 0 Å². The number of unbranched alkanes of at least 4 members (excludes halogenated alkanes) is 13. The predicted octanol–water partition coefficient (Wildman–Crippen LogP) is 6.71. The highest BCUT2D eigenvalue weighted by Gasteiger charge is 2.29. The molecule has 1 aromatic heterocycles. The number of hydrogen-bond acceptors (Lipinski definition) is 6. The first kappa shape index (κ1) is 33.0. The van der Waals surface area contributed by atoms with Crippen molar-refractivity contribution in [3.05, 3.63) is 35.3 Å². The predicted molar refractivity (Wildman–Crippen MR) is 152 cm³/mol. The molecular weight excluding hydrogens is 496 g/mol. The van der Waals surface area contributed by atoms with Crippen molar-refractivity contribution in [1.29, 1.82) is 0 Å². The summed E-state index contributed by atoms with van der Waals surface area (Å²) in [7, 11) is 0. The van der Waals surface area contributed by atoms with Crippen LogP contribution in [0.25, 0.3) is 0 Å². The summed E-state index contributed by atoms with van der Waals surface area (Å²) in [5.41, 5.74) is 0.290. The van der Waals surface area contributed by atoms with Gasteiger partial charge in [0.1, 0.15) is 13.2 Å². The molecule has 0 aliphatic carbocycles. The van der Waals surface area contributed by atoms with Gasteiger partial charge in [0.2, 0.25) is 11.6 Å². The monoisotopic (exact) mass is 548 g/mol. The van der Waals surface area contributed by atoms with Crippen LogP contribution in [0, 0.1) is 11.1 Å². The van der Waals surface area contributed by atoms with E-state index in [1.807, 2.05) is 0 Å². The van der Waals surface area contributed by atoms with E-state index in [9.17, 15) is 14.8 Å². The van der Waals surface area contributed by atoms with Gasteiger partial charge in [-0.05, 0) is 18.9 Å². The summed E-state index contributed by atoms with van der Waals surface area (Å²) in [4.78, 5) is 25.3. The Balaban J connectivity index is 1.44. The first-order valence-electron chi connectivity index (χ1n) is 15.3. The van der Waals surface area contributed by atoms with Gasteiger partial charge in [0, 0.05) is 31.6 Å². The van der Waals surface area contributed by atoms with Crippen LogP contribution in [-0.2, 0) is 25.5 Å². The molecule has 0 unspecified atom stereocenters. The molecule has 1 aliphatic heterocycles. The van der Waals surface area contributed by atoms with Crippen LogP contribution in [0.2, 0.25) is 0 Å². The molecule has 39 heavy (non-hydrogen) atoms. The fourth-order valence-electron chi connectivity index (χ4n) is 4.96. The van der Waals surface area contributed by atoms with Crippen molar-refractivity contribution in [2.24, 2.45) is 5.92 Å². The number of hydrogen-bond donors (Lipinski definition) is 0. The summed E-state index contributed by atoms with van der Waals surface area (Å²) in [5.74, 6) is -0.195. The van der Waals surface area contributed by atoms with Crippen LogP contribution in [0.3, 0.4) is 0 Å². The summed E-state index contributed by atoms with van der Waals surface area (Å²) in [6, 6.07) is 4.84. The van der Waals surface area contributed by atoms with Crippen molar-refractivity contribution in [3.63, 3.8) is 0 Å². The van der Waals surface area contributed by atoms with Gasteiger partial charge < -0.3 is 19.4 Å². The molecule has 1 aromatic rings. The van der Waals surface area contributed by atoms with Crippen molar-refractivity contribution in [2.75, 3.05) is 26.4 Å². The number of imide groups is 1. The summed E-state index contributed by atoms with van der Waals surface area (Å²) in [5, 5.41) is 11.9. The first-order valence-corrected chi connectivity index (χ1v) is 15.3. The van der Waals surface area contributed by atoms with Crippen molar-refractivity contribution < 1.29 is 28.5 Å². The van der Waals surface area contributed by atoms with Crippen molar-refractivity contribution >= 4 is 12.0 Å². The largest absolute Gasteiger partial charge is 0.618 e. The third kappa shape index (κ3) is 14.7. The Hall–Kier alpha value is -2.19. The molecular formula is C31H52N2O6. The van der Waals surface area contributed by atoms with E-state index in [0.717, 1.165) is 24.3 Å². The van der Waals surface area contributed by atoms with Crippen LogP contribution in [0.15, 0.2) is 24.4 Å². The number of carbonyl (C=O) groups excluding carboxylic acids is 2. The molecule has 8 heteroatoms. The van der Waals surface area contributed by atoms with Gasteiger partial charge >= 0.3 is 6.09 Å². The molecule has 222 valence electrons. The lowest BCUT2D eigenvalue weighted by Crippen LogP contribution is -2.41. The van der Waals surface area contributed by atoms with Gasteiger partial charge in [0.25, 0.3) is 0 Å². The Morgan fingerprint density at radius 3 is 2.15 bits per heavy atom. The Morgan fingerprint density at radius 1 is 0.949 bits per heavy atom. The van der Waals surface area contributed by atoms with Crippen LogP contribution >= 0.6 is 0 Å². The number of ether oxygens (including phenoxy) is 3. The summed E-state index contributed by atoms with van der Waals surface area (Å²) in [6.45, 7) is 5.49. The average Bonchev–Trinajstić information content (AvgIpc) is 3.38. The van der Waals surface area contributed by atoms with Gasteiger partial charge in [-0.2, -0.15) is 4.73 Å².